The number of carbonyl (C=O) groups excluding carboxylic acids is 2. The predicted molar refractivity (Wildman–Crippen MR) is 94.6 cm³/mol. The first-order valence-corrected chi connectivity index (χ1v) is 8.21. The van der Waals surface area contributed by atoms with E-state index in [0.717, 1.165) is 15.7 Å². The van der Waals surface area contributed by atoms with E-state index in [9.17, 15) is 9.59 Å². The van der Waals surface area contributed by atoms with Crippen molar-refractivity contribution in [1.82, 2.24) is 0 Å². The van der Waals surface area contributed by atoms with Crippen LogP contribution in [0.2, 0.25) is 0 Å². The third-order valence-electron chi connectivity index (χ3n) is 4.08. The molecule has 1 heterocycles. The van der Waals surface area contributed by atoms with E-state index in [1.807, 2.05) is 44.2 Å². The Balaban J connectivity index is 1.80. The molecule has 2 aromatic rings. The molecule has 23 heavy (non-hydrogen) atoms. The standard InChI is InChI=1S/C18H17BrN2O2/c1-11-3-6-14(9-12(11)2)20-16-10-17(22)21(18(16)23)15-7-4-13(19)5-8-15/h3-9,16,20H,10H2,1-2H3/t16-/m0/s1. The van der Waals surface area contributed by atoms with Gasteiger partial charge in [-0.2, -0.15) is 0 Å². The van der Waals surface area contributed by atoms with Crippen molar-refractivity contribution in [2.45, 2.75) is 26.3 Å². The number of amides is 2. The van der Waals surface area contributed by atoms with Gasteiger partial charge in [0.05, 0.1) is 12.1 Å². The molecule has 0 bridgehead atoms. The van der Waals surface area contributed by atoms with Crippen molar-refractivity contribution >= 4 is 39.1 Å². The summed E-state index contributed by atoms with van der Waals surface area (Å²) < 4.78 is 0.908. The Hall–Kier alpha value is -2.14. The summed E-state index contributed by atoms with van der Waals surface area (Å²) in [6.45, 7) is 4.06. The van der Waals surface area contributed by atoms with E-state index in [-0.39, 0.29) is 18.2 Å². The highest BCUT2D eigenvalue weighted by Crippen LogP contribution is 2.26. The van der Waals surface area contributed by atoms with Crippen LogP contribution in [-0.4, -0.2) is 17.9 Å². The van der Waals surface area contributed by atoms with Crippen LogP contribution in [0.4, 0.5) is 11.4 Å². The van der Waals surface area contributed by atoms with Crippen LogP contribution in [0.15, 0.2) is 46.9 Å². The van der Waals surface area contributed by atoms with Gasteiger partial charge in [0.2, 0.25) is 5.91 Å². The number of anilines is 2. The Morgan fingerprint density at radius 1 is 1.04 bits per heavy atom. The quantitative estimate of drug-likeness (QED) is 0.833. The van der Waals surface area contributed by atoms with E-state index in [4.69, 9.17) is 0 Å². The smallest absolute Gasteiger partial charge is 0.256 e. The largest absolute Gasteiger partial charge is 0.373 e. The Labute approximate surface area is 143 Å². The summed E-state index contributed by atoms with van der Waals surface area (Å²) in [5.74, 6) is -0.394. The lowest BCUT2D eigenvalue weighted by Crippen LogP contribution is -2.34. The lowest BCUT2D eigenvalue weighted by molar-refractivity contribution is -0.121. The molecule has 0 spiro atoms. The molecule has 4 nitrogen and oxygen atoms in total. The number of hydrogen-bond acceptors (Lipinski definition) is 3. The second kappa shape index (κ2) is 6.16. The molecule has 1 aliphatic rings. The molecule has 3 rings (SSSR count). The highest BCUT2D eigenvalue weighted by atomic mass is 79.9. The molecule has 1 aliphatic heterocycles. The Morgan fingerprint density at radius 2 is 1.74 bits per heavy atom. The molecule has 1 saturated heterocycles. The first kappa shape index (κ1) is 15.7. The summed E-state index contributed by atoms with van der Waals surface area (Å²) in [4.78, 5) is 26.1. The number of hydrogen-bond donors (Lipinski definition) is 1. The summed E-state index contributed by atoms with van der Waals surface area (Å²) in [6, 6.07) is 12.6. The Bertz CT molecular complexity index is 771. The van der Waals surface area contributed by atoms with Crippen LogP contribution in [0.1, 0.15) is 17.5 Å². The average Bonchev–Trinajstić information content (AvgIpc) is 2.79. The van der Waals surface area contributed by atoms with Gasteiger partial charge < -0.3 is 5.32 Å². The lowest BCUT2D eigenvalue weighted by atomic mass is 10.1. The fourth-order valence-electron chi connectivity index (χ4n) is 2.64. The number of aryl methyl sites for hydroxylation is 2. The molecule has 118 valence electrons. The zero-order valence-corrected chi connectivity index (χ0v) is 14.6. The number of nitrogens with zero attached hydrogens (tertiary/aromatic N) is 1. The highest BCUT2D eigenvalue weighted by Gasteiger charge is 2.39. The first-order valence-electron chi connectivity index (χ1n) is 7.42. The van der Waals surface area contributed by atoms with Gasteiger partial charge in [0.25, 0.3) is 5.91 Å². The molecule has 0 aromatic heterocycles. The second-order valence-corrected chi connectivity index (χ2v) is 6.66. The first-order chi connectivity index (χ1) is 11.0. The molecule has 2 aromatic carbocycles. The number of nitrogens with one attached hydrogen (secondary N) is 1. The third kappa shape index (κ3) is 3.15. The molecule has 0 unspecified atom stereocenters. The van der Waals surface area contributed by atoms with Gasteiger partial charge >= 0.3 is 0 Å². The molecule has 1 N–H and O–H groups in total. The van der Waals surface area contributed by atoms with E-state index in [1.54, 1.807) is 12.1 Å². The van der Waals surface area contributed by atoms with Gasteiger partial charge in [-0.1, -0.05) is 22.0 Å². The fraction of sp³-hybridized carbons (Fsp3) is 0.222. The normalized spacial score (nSPS) is 17.7. The molecular weight excluding hydrogens is 356 g/mol. The van der Waals surface area contributed by atoms with E-state index < -0.39 is 6.04 Å². The number of halogens is 1. The van der Waals surface area contributed by atoms with E-state index in [0.29, 0.717) is 5.69 Å². The number of rotatable bonds is 3. The van der Waals surface area contributed by atoms with Crippen LogP contribution in [0, 0.1) is 13.8 Å². The monoisotopic (exact) mass is 372 g/mol. The van der Waals surface area contributed by atoms with Gasteiger partial charge in [0.1, 0.15) is 6.04 Å². The highest BCUT2D eigenvalue weighted by molar-refractivity contribution is 9.10. The van der Waals surface area contributed by atoms with Gasteiger partial charge in [-0.05, 0) is 61.4 Å². The maximum absolute atomic E-state index is 12.6. The minimum atomic E-state index is -0.520. The van der Waals surface area contributed by atoms with E-state index in [1.165, 1.54) is 10.5 Å². The third-order valence-corrected chi connectivity index (χ3v) is 4.61. The molecule has 5 heteroatoms. The van der Waals surface area contributed by atoms with Crippen LogP contribution in [0.3, 0.4) is 0 Å². The molecule has 1 atom stereocenters. The van der Waals surface area contributed by atoms with E-state index in [2.05, 4.69) is 21.2 Å². The van der Waals surface area contributed by atoms with Crippen LogP contribution in [-0.2, 0) is 9.59 Å². The molecule has 0 radical (unpaired) electrons. The fourth-order valence-corrected chi connectivity index (χ4v) is 2.90. The molecule has 1 fully saturated rings. The second-order valence-electron chi connectivity index (χ2n) is 5.74. The van der Waals surface area contributed by atoms with Crippen LogP contribution < -0.4 is 10.2 Å². The predicted octanol–water partition coefficient (Wildman–Crippen LogP) is 3.81. The van der Waals surface area contributed by atoms with Crippen molar-refractivity contribution in [3.63, 3.8) is 0 Å². The Kier molecular flexibility index (Phi) is 4.22. The van der Waals surface area contributed by atoms with Crippen molar-refractivity contribution in [1.29, 1.82) is 0 Å². The van der Waals surface area contributed by atoms with Crippen molar-refractivity contribution in [2.75, 3.05) is 10.2 Å². The minimum absolute atomic E-state index is 0.168. The summed E-state index contributed by atoms with van der Waals surface area (Å²) in [5, 5.41) is 3.18. The van der Waals surface area contributed by atoms with Crippen LogP contribution in [0.25, 0.3) is 0 Å². The van der Waals surface area contributed by atoms with Gasteiger partial charge in [-0.15, -0.1) is 0 Å². The van der Waals surface area contributed by atoms with Crippen molar-refractivity contribution in [2.24, 2.45) is 0 Å². The van der Waals surface area contributed by atoms with Gasteiger partial charge in [0, 0.05) is 10.2 Å². The molecule has 2 amide bonds. The lowest BCUT2D eigenvalue weighted by Gasteiger charge is -2.16. The average molecular weight is 373 g/mol. The maximum atomic E-state index is 12.6. The van der Waals surface area contributed by atoms with Crippen molar-refractivity contribution < 1.29 is 9.59 Å². The molecular formula is C18H17BrN2O2. The van der Waals surface area contributed by atoms with Crippen molar-refractivity contribution in [3.05, 3.63) is 58.1 Å². The SMILES string of the molecule is Cc1ccc(N[C@H]2CC(=O)N(c3ccc(Br)cc3)C2=O)cc1C. The Morgan fingerprint density at radius 3 is 2.39 bits per heavy atom. The van der Waals surface area contributed by atoms with Gasteiger partial charge in [-0.3, -0.25) is 9.59 Å². The number of imide groups is 1. The minimum Gasteiger partial charge on any atom is -0.373 e. The summed E-state index contributed by atoms with van der Waals surface area (Å²) in [7, 11) is 0. The summed E-state index contributed by atoms with van der Waals surface area (Å²) in [5.41, 5.74) is 3.81. The van der Waals surface area contributed by atoms with E-state index >= 15 is 0 Å². The topological polar surface area (TPSA) is 49.4 Å². The van der Waals surface area contributed by atoms with Crippen molar-refractivity contribution in [3.8, 4) is 0 Å². The van der Waals surface area contributed by atoms with Gasteiger partial charge in [0.15, 0.2) is 0 Å². The number of benzene rings is 2. The molecule has 0 aliphatic carbocycles. The zero-order valence-electron chi connectivity index (χ0n) is 13.0. The maximum Gasteiger partial charge on any atom is 0.256 e. The van der Waals surface area contributed by atoms with Crippen LogP contribution >= 0.6 is 15.9 Å². The summed E-state index contributed by atoms with van der Waals surface area (Å²) >= 11 is 3.35. The van der Waals surface area contributed by atoms with Gasteiger partial charge in [-0.25, -0.2) is 4.90 Å². The zero-order chi connectivity index (χ0) is 16.6. The summed E-state index contributed by atoms with van der Waals surface area (Å²) in [6.07, 6.45) is 0.168. The van der Waals surface area contributed by atoms with Crippen LogP contribution in [0.5, 0.6) is 0 Å². The molecule has 0 saturated carbocycles. The number of carbonyl (C=O) groups is 2.